The average Bonchev–Trinajstić information content (AvgIpc) is 2.60. The molecule has 1 heterocycles. The summed E-state index contributed by atoms with van der Waals surface area (Å²) in [4.78, 5) is 11.9. The predicted octanol–water partition coefficient (Wildman–Crippen LogP) is 3.96. The van der Waals surface area contributed by atoms with Gasteiger partial charge in [-0.1, -0.05) is 27.5 Å². The lowest BCUT2D eigenvalue weighted by molar-refractivity contribution is 0.203. The number of carboxylic acid groups (broad SMARTS) is 1. The molecule has 4 nitrogen and oxygen atoms in total. The number of hydrogen-bond donors (Lipinski definition) is 1. The summed E-state index contributed by atoms with van der Waals surface area (Å²) in [5, 5.41) is 9.99. The molecule has 2 aromatic rings. The minimum Gasteiger partial charge on any atom is -0.465 e. The number of anilines is 1. The molecular formula is C10H7BrClNO3. The van der Waals surface area contributed by atoms with Crippen LogP contribution in [0.15, 0.2) is 27.3 Å². The Morgan fingerprint density at radius 3 is 2.88 bits per heavy atom. The first kappa shape index (κ1) is 11.3. The summed E-state index contributed by atoms with van der Waals surface area (Å²) in [5.41, 5.74) is 0.943. The molecule has 1 aromatic carbocycles. The first-order valence-corrected chi connectivity index (χ1v) is 5.50. The van der Waals surface area contributed by atoms with E-state index < -0.39 is 6.09 Å². The SMILES string of the molecule is CN(C(=O)O)c1coc2c(Cl)cc(Br)cc12. The van der Waals surface area contributed by atoms with Crippen molar-refractivity contribution in [3.8, 4) is 0 Å². The molecule has 0 saturated carbocycles. The Morgan fingerprint density at radius 2 is 2.25 bits per heavy atom. The normalized spacial score (nSPS) is 10.7. The maximum absolute atomic E-state index is 10.9. The molecule has 2 rings (SSSR count). The number of nitrogens with zero attached hydrogens (tertiary/aromatic N) is 1. The van der Waals surface area contributed by atoms with Gasteiger partial charge in [0.15, 0.2) is 5.58 Å². The number of furan rings is 1. The molecule has 0 aliphatic heterocycles. The second-order valence-electron chi connectivity index (χ2n) is 3.23. The van der Waals surface area contributed by atoms with Crippen LogP contribution in [0, 0.1) is 0 Å². The smallest absolute Gasteiger partial charge is 0.411 e. The van der Waals surface area contributed by atoms with E-state index in [2.05, 4.69) is 15.9 Å². The van der Waals surface area contributed by atoms with Crippen LogP contribution in [-0.2, 0) is 0 Å². The molecule has 16 heavy (non-hydrogen) atoms. The summed E-state index contributed by atoms with van der Waals surface area (Å²) in [6, 6.07) is 3.46. The van der Waals surface area contributed by atoms with Crippen LogP contribution in [-0.4, -0.2) is 18.2 Å². The van der Waals surface area contributed by atoms with E-state index in [-0.39, 0.29) is 0 Å². The quantitative estimate of drug-likeness (QED) is 0.867. The molecule has 1 amide bonds. The monoisotopic (exact) mass is 303 g/mol. The molecule has 0 bridgehead atoms. The molecule has 0 saturated heterocycles. The molecule has 0 aliphatic rings. The summed E-state index contributed by atoms with van der Waals surface area (Å²) in [6.45, 7) is 0. The van der Waals surface area contributed by atoms with Crippen molar-refractivity contribution in [3.05, 3.63) is 27.9 Å². The van der Waals surface area contributed by atoms with Crippen LogP contribution in [0.4, 0.5) is 10.5 Å². The van der Waals surface area contributed by atoms with Gasteiger partial charge in [0.1, 0.15) is 6.26 Å². The maximum Gasteiger partial charge on any atom is 0.411 e. The summed E-state index contributed by atoms with van der Waals surface area (Å²) in [7, 11) is 1.45. The third-order valence-corrected chi connectivity index (χ3v) is 2.96. The van der Waals surface area contributed by atoms with Gasteiger partial charge in [0.2, 0.25) is 0 Å². The first-order valence-electron chi connectivity index (χ1n) is 4.33. The molecule has 1 N–H and O–H groups in total. The number of rotatable bonds is 1. The molecule has 1 aromatic heterocycles. The van der Waals surface area contributed by atoms with E-state index in [0.29, 0.717) is 21.7 Å². The molecule has 0 fully saturated rings. The fraction of sp³-hybridized carbons (Fsp3) is 0.100. The van der Waals surface area contributed by atoms with Crippen molar-refractivity contribution in [2.75, 3.05) is 11.9 Å². The van der Waals surface area contributed by atoms with Gasteiger partial charge in [0.25, 0.3) is 0 Å². The standard InChI is InChI=1S/C10H7BrClNO3/c1-13(10(14)15)8-4-16-9-6(8)2-5(11)3-7(9)12/h2-4H,1H3,(H,14,15). The lowest BCUT2D eigenvalue weighted by Crippen LogP contribution is -2.23. The Labute approximate surface area is 105 Å². The Bertz CT molecular complexity index is 566. The van der Waals surface area contributed by atoms with Crippen LogP contribution in [0.25, 0.3) is 11.0 Å². The number of hydrogen-bond acceptors (Lipinski definition) is 2. The van der Waals surface area contributed by atoms with Crippen LogP contribution in [0.3, 0.4) is 0 Å². The molecule has 0 atom stereocenters. The van der Waals surface area contributed by atoms with E-state index in [1.165, 1.54) is 13.3 Å². The van der Waals surface area contributed by atoms with Crippen LogP contribution in [0.1, 0.15) is 0 Å². The Morgan fingerprint density at radius 1 is 1.56 bits per heavy atom. The van der Waals surface area contributed by atoms with E-state index in [0.717, 1.165) is 9.37 Å². The van der Waals surface area contributed by atoms with Gasteiger partial charge in [-0.05, 0) is 12.1 Å². The third kappa shape index (κ3) is 1.76. The van der Waals surface area contributed by atoms with Crippen LogP contribution >= 0.6 is 27.5 Å². The molecule has 0 spiro atoms. The van der Waals surface area contributed by atoms with Gasteiger partial charge in [-0.3, -0.25) is 4.90 Å². The highest BCUT2D eigenvalue weighted by Crippen LogP contribution is 2.35. The molecule has 0 radical (unpaired) electrons. The van der Waals surface area contributed by atoms with Crippen molar-refractivity contribution in [1.29, 1.82) is 0 Å². The van der Waals surface area contributed by atoms with E-state index >= 15 is 0 Å². The molecular weight excluding hydrogens is 297 g/mol. The van der Waals surface area contributed by atoms with Crippen molar-refractivity contribution in [1.82, 2.24) is 0 Å². The van der Waals surface area contributed by atoms with Gasteiger partial charge in [-0.2, -0.15) is 0 Å². The number of benzene rings is 1. The van der Waals surface area contributed by atoms with Crippen LogP contribution < -0.4 is 4.90 Å². The minimum absolute atomic E-state index is 0.439. The van der Waals surface area contributed by atoms with Crippen molar-refractivity contribution in [3.63, 3.8) is 0 Å². The van der Waals surface area contributed by atoms with E-state index in [1.807, 2.05) is 0 Å². The second kappa shape index (κ2) is 3.99. The number of amides is 1. The highest BCUT2D eigenvalue weighted by atomic mass is 79.9. The highest BCUT2D eigenvalue weighted by molar-refractivity contribution is 9.10. The van der Waals surface area contributed by atoms with Crippen LogP contribution in [0.2, 0.25) is 5.02 Å². The van der Waals surface area contributed by atoms with Gasteiger partial charge < -0.3 is 9.52 Å². The molecule has 6 heteroatoms. The minimum atomic E-state index is -1.06. The summed E-state index contributed by atoms with van der Waals surface area (Å²) in [5.74, 6) is 0. The Balaban J connectivity index is 2.69. The topological polar surface area (TPSA) is 53.7 Å². The van der Waals surface area contributed by atoms with Crippen molar-refractivity contribution < 1.29 is 14.3 Å². The highest BCUT2D eigenvalue weighted by Gasteiger charge is 2.17. The van der Waals surface area contributed by atoms with Gasteiger partial charge in [0.05, 0.1) is 10.7 Å². The largest absolute Gasteiger partial charge is 0.465 e. The van der Waals surface area contributed by atoms with Crippen molar-refractivity contribution >= 4 is 50.3 Å². The van der Waals surface area contributed by atoms with Gasteiger partial charge in [-0.25, -0.2) is 4.79 Å². The number of fused-ring (bicyclic) bond motifs is 1. The van der Waals surface area contributed by atoms with Crippen molar-refractivity contribution in [2.45, 2.75) is 0 Å². The lowest BCUT2D eigenvalue weighted by atomic mass is 10.2. The third-order valence-electron chi connectivity index (χ3n) is 2.22. The number of halogens is 2. The summed E-state index contributed by atoms with van der Waals surface area (Å²) < 4.78 is 6.02. The molecule has 84 valence electrons. The molecule has 0 aliphatic carbocycles. The zero-order valence-corrected chi connectivity index (χ0v) is 10.5. The fourth-order valence-electron chi connectivity index (χ4n) is 1.41. The summed E-state index contributed by atoms with van der Waals surface area (Å²) in [6.07, 6.45) is 0.315. The van der Waals surface area contributed by atoms with E-state index in [9.17, 15) is 4.79 Å². The first-order chi connectivity index (χ1) is 7.50. The number of carbonyl (C=O) groups is 1. The Kier molecular flexibility index (Phi) is 2.82. The van der Waals surface area contributed by atoms with Gasteiger partial charge in [-0.15, -0.1) is 0 Å². The zero-order valence-electron chi connectivity index (χ0n) is 8.20. The van der Waals surface area contributed by atoms with E-state index in [1.54, 1.807) is 12.1 Å². The van der Waals surface area contributed by atoms with Gasteiger partial charge >= 0.3 is 6.09 Å². The van der Waals surface area contributed by atoms with Gasteiger partial charge in [0, 0.05) is 16.9 Å². The zero-order chi connectivity index (χ0) is 11.9. The summed E-state index contributed by atoms with van der Waals surface area (Å²) >= 11 is 9.27. The van der Waals surface area contributed by atoms with E-state index in [4.69, 9.17) is 21.1 Å². The van der Waals surface area contributed by atoms with Crippen LogP contribution in [0.5, 0.6) is 0 Å². The molecule has 0 unspecified atom stereocenters. The van der Waals surface area contributed by atoms with Crippen molar-refractivity contribution in [2.24, 2.45) is 0 Å². The Hall–Kier alpha value is -1.20. The fourth-order valence-corrected chi connectivity index (χ4v) is 2.26. The lowest BCUT2D eigenvalue weighted by Gasteiger charge is -2.10. The maximum atomic E-state index is 10.9. The predicted molar refractivity (Wildman–Crippen MR) is 65.4 cm³/mol. The second-order valence-corrected chi connectivity index (χ2v) is 4.55. The average molecular weight is 305 g/mol.